The molecule has 0 fully saturated rings. The Morgan fingerprint density at radius 2 is 1.79 bits per heavy atom. The third kappa shape index (κ3) is 5.43. The first-order valence-electron chi connectivity index (χ1n) is 7.81. The number of nitrogens with one attached hydrogen (secondary N) is 1. The molecule has 0 heterocycles. The number of anilines is 1. The quantitative estimate of drug-likeness (QED) is 0.821. The molecule has 24 heavy (non-hydrogen) atoms. The van der Waals surface area contributed by atoms with E-state index in [1.165, 1.54) is 16.7 Å². The fourth-order valence-electron chi connectivity index (χ4n) is 2.39. The molecular weight excluding hydrogens is 304 g/mol. The second-order valence-corrected chi connectivity index (χ2v) is 5.76. The van der Waals surface area contributed by atoms with Crippen LogP contribution >= 0.6 is 0 Å². The van der Waals surface area contributed by atoms with Crippen LogP contribution in [0.3, 0.4) is 0 Å². The minimum absolute atomic E-state index is 0.0409. The van der Waals surface area contributed by atoms with Gasteiger partial charge in [-0.1, -0.05) is 23.8 Å². The number of primary amides is 1. The van der Waals surface area contributed by atoms with Crippen LogP contribution in [0.4, 0.5) is 5.69 Å². The van der Waals surface area contributed by atoms with E-state index in [1.54, 1.807) is 24.3 Å². The van der Waals surface area contributed by atoms with E-state index in [9.17, 15) is 9.59 Å². The van der Waals surface area contributed by atoms with E-state index < -0.39 is 5.91 Å². The number of rotatable bonds is 7. The lowest BCUT2D eigenvalue weighted by Gasteiger charge is -2.09. The molecule has 0 saturated heterocycles. The molecule has 0 spiro atoms. The Balaban J connectivity index is 1.84. The minimum atomic E-state index is -0.529. The van der Waals surface area contributed by atoms with Gasteiger partial charge in [0.15, 0.2) is 6.61 Å². The lowest BCUT2D eigenvalue weighted by atomic mass is 10.0. The van der Waals surface area contributed by atoms with Gasteiger partial charge in [-0.25, -0.2) is 0 Å². The molecule has 5 nitrogen and oxygen atoms in total. The Hall–Kier alpha value is -2.82. The van der Waals surface area contributed by atoms with E-state index in [0.29, 0.717) is 24.3 Å². The van der Waals surface area contributed by atoms with Gasteiger partial charge in [-0.2, -0.15) is 0 Å². The maximum Gasteiger partial charge on any atom is 0.255 e. The molecule has 2 amide bonds. The molecule has 126 valence electrons. The second kappa shape index (κ2) is 8.15. The first-order valence-corrected chi connectivity index (χ1v) is 7.81. The Bertz CT molecular complexity index is 724. The summed E-state index contributed by atoms with van der Waals surface area (Å²) in [5, 5.41) is 2.85. The van der Waals surface area contributed by atoms with Gasteiger partial charge in [0.05, 0.1) is 0 Å². The Labute approximate surface area is 141 Å². The van der Waals surface area contributed by atoms with Crippen molar-refractivity contribution >= 4 is 17.5 Å². The molecule has 0 atom stereocenters. The largest absolute Gasteiger partial charge is 0.484 e. The predicted octanol–water partition coefficient (Wildman–Crippen LogP) is 2.74. The van der Waals surface area contributed by atoms with Gasteiger partial charge >= 0.3 is 0 Å². The van der Waals surface area contributed by atoms with E-state index in [2.05, 4.69) is 37.4 Å². The van der Waals surface area contributed by atoms with Gasteiger partial charge in [0.2, 0.25) is 5.91 Å². The van der Waals surface area contributed by atoms with Gasteiger partial charge in [-0.3, -0.25) is 9.59 Å². The standard InChI is InChI=1S/C19H22N2O3/c1-13-3-4-15(14(2)11-13)5-10-19(23)21-16-6-8-17(9-7-16)24-12-18(20)22/h3-4,6-9,11H,5,10,12H2,1-2H3,(H2,20,22)(H,21,23). The molecule has 0 aromatic heterocycles. The van der Waals surface area contributed by atoms with Crippen LogP contribution in [0.25, 0.3) is 0 Å². The topological polar surface area (TPSA) is 81.4 Å². The number of aryl methyl sites for hydroxylation is 3. The normalized spacial score (nSPS) is 10.2. The molecule has 3 N–H and O–H groups in total. The summed E-state index contributed by atoms with van der Waals surface area (Å²) in [5.74, 6) is -0.0402. The zero-order valence-electron chi connectivity index (χ0n) is 14.0. The second-order valence-electron chi connectivity index (χ2n) is 5.76. The van der Waals surface area contributed by atoms with Crippen molar-refractivity contribution in [3.8, 4) is 5.75 Å². The number of amides is 2. The number of benzene rings is 2. The number of nitrogens with two attached hydrogens (primary N) is 1. The molecule has 0 aliphatic heterocycles. The van der Waals surface area contributed by atoms with Crippen molar-refractivity contribution in [1.82, 2.24) is 0 Å². The number of hydrogen-bond donors (Lipinski definition) is 2. The molecule has 2 rings (SSSR count). The summed E-state index contributed by atoms with van der Waals surface area (Å²) < 4.78 is 5.17. The third-order valence-electron chi connectivity index (χ3n) is 3.64. The maximum absolute atomic E-state index is 12.1. The van der Waals surface area contributed by atoms with Crippen LogP contribution in [0, 0.1) is 13.8 Å². The molecule has 2 aromatic carbocycles. The van der Waals surface area contributed by atoms with Gasteiger partial charge in [0.1, 0.15) is 5.75 Å². The summed E-state index contributed by atoms with van der Waals surface area (Å²) in [5.41, 5.74) is 9.32. The van der Waals surface area contributed by atoms with Crippen molar-refractivity contribution in [2.75, 3.05) is 11.9 Å². The van der Waals surface area contributed by atoms with Crippen LogP contribution in [-0.2, 0) is 16.0 Å². The Kier molecular flexibility index (Phi) is 5.95. The van der Waals surface area contributed by atoms with E-state index in [4.69, 9.17) is 10.5 Å². The first-order chi connectivity index (χ1) is 11.4. The highest BCUT2D eigenvalue weighted by atomic mass is 16.5. The molecule has 0 saturated carbocycles. The smallest absolute Gasteiger partial charge is 0.255 e. The molecule has 0 radical (unpaired) electrons. The van der Waals surface area contributed by atoms with Gasteiger partial charge in [-0.05, 0) is 55.7 Å². The van der Waals surface area contributed by atoms with E-state index in [1.807, 2.05) is 0 Å². The van der Waals surface area contributed by atoms with Crippen LogP contribution in [0.5, 0.6) is 5.75 Å². The van der Waals surface area contributed by atoms with Gasteiger partial charge in [-0.15, -0.1) is 0 Å². The van der Waals surface area contributed by atoms with E-state index >= 15 is 0 Å². The summed E-state index contributed by atoms with van der Waals surface area (Å²) in [7, 11) is 0. The molecule has 0 aliphatic rings. The van der Waals surface area contributed by atoms with Crippen LogP contribution in [0.15, 0.2) is 42.5 Å². The summed E-state index contributed by atoms with van der Waals surface area (Å²) >= 11 is 0. The summed E-state index contributed by atoms with van der Waals surface area (Å²) in [6.07, 6.45) is 1.13. The SMILES string of the molecule is Cc1ccc(CCC(=O)Nc2ccc(OCC(N)=O)cc2)c(C)c1. The summed E-state index contributed by atoms with van der Waals surface area (Å²) in [6, 6.07) is 13.1. The number of ether oxygens (including phenoxy) is 1. The summed E-state index contributed by atoms with van der Waals surface area (Å²) in [4.78, 5) is 22.7. The monoisotopic (exact) mass is 326 g/mol. The molecule has 2 aromatic rings. The van der Waals surface area contributed by atoms with Crippen LogP contribution in [0.1, 0.15) is 23.1 Å². The highest BCUT2D eigenvalue weighted by Crippen LogP contribution is 2.17. The first kappa shape index (κ1) is 17.5. The molecule has 5 heteroatoms. The average Bonchev–Trinajstić information content (AvgIpc) is 2.53. The van der Waals surface area contributed by atoms with Gasteiger partial charge in [0, 0.05) is 12.1 Å². The molecule has 0 unspecified atom stereocenters. The van der Waals surface area contributed by atoms with Crippen LogP contribution in [0.2, 0.25) is 0 Å². The van der Waals surface area contributed by atoms with Crippen molar-refractivity contribution in [2.24, 2.45) is 5.73 Å². The van der Waals surface area contributed by atoms with Gasteiger partial charge < -0.3 is 15.8 Å². The van der Waals surface area contributed by atoms with Crippen LogP contribution < -0.4 is 15.8 Å². The van der Waals surface area contributed by atoms with Crippen molar-refractivity contribution < 1.29 is 14.3 Å². The number of carbonyl (C=O) groups is 2. The van der Waals surface area contributed by atoms with Crippen molar-refractivity contribution in [3.63, 3.8) is 0 Å². The predicted molar refractivity (Wildman–Crippen MR) is 94.0 cm³/mol. The van der Waals surface area contributed by atoms with Crippen LogP contribution in [-0.4, -0.2) is 18.4 Å². The van der Waals surface area contributed by atoms with E-state index in [-0.39, 0.29) is 12.5 Å². The zero-order valence-corrected chi connectivity index (χ0v) is 14.0. The molecule has 0 aliphatic carbocycles. The number of hydrogen-bond acceptors (Lipinski definition) is 3. The van der Waals surface area contributed by atoms with Crippen molar-refractivity contribution in [2.45, 2.75) is 26.7 Å². The lowest BCUT2D eigenvalue weighted by Crippen LogP contribution is -2.20. The Morgan fingerprint density at radius 1 is 1.08 bits per heavy atom. The average molecular weight is 326 g/mol. The maximum atomic E-state index is 12.1. The van der Waals surface area contributed by atoms with Crippen molar-refractivity contribution in [1.29, 1.82) is 0 Å². The van der Waals surface area contributed by atoms with E-state index in [0.717, 1.165) is 0 Å². The van der Waals surface area contributed by atoms with Gasteiger partial charge in [0.25, 0.3) is 5.91 Å². The third-order valence-corrected chi connectivity index (χ3v) is 3.64. The highest BCUT2D eigenvalue weighted by Gasteiger charge is 2.06. The molecule has 0 bridgehead atoms. The molecular formula is C19H22N2O3. The Morgan fingerprint density at radius 3 is 2.42 bits per heavy atom. The lowest BCUT2D eigenvalue weighted by molar-refractivity contribution is -0.120. The number of carbonyl (C=O) groups excluding carboxylic acids is 2. The minimum Gasteiger partial charge on any atom is -0.484 e. The highest BCUT2D eigenvalue weighted by molar-refractivity contribution is 5.90. The zero-order chi connectivity index (χ0) is 17.5. The fourth-order valence-corrected chi connectivity index (χ4v) is 2.39. The van der Waals surface area contributed by atoms with Crippen molar-refractivity contribution in [3.05, 3.63) is 59.2 Å². The summed E-state index contributed by atoms with van der Waals surface area (Å²) in [6.45, 7) is 3.95. The fraction of sp³-hybridized carbons (Fsp3) is 0.263.